The lowest BCUT2D eigenvalue weighted by molar-refractivity contribution is 0.0683. The summed E-state index contributed by atoms with van der Waals surface area (Å²) < 4.78 is 6.66. The zero-order valence-electron chi connectivity index (χ0n) is 12.7. The van der Waals surface area contributed by atoms with Gasteiger partial charge in [-0.2, -0.15) is 0 Å². The van der Waals surface area contributed by atoms with Gasteiger partial charge in [-0.25, -0.2) is 14.5 Å². The fraction of sp³-hybridized carbons (Fsp3) is 0.118. The standard InChI is InChI=1S/C17H15N3O3/c1-11-3-5-12(6-4-11)16-18-15(17(21)22)19-20(16)13-7-9-14(23-2)10-8-13/h3-10H,1-2H3,(H,21,22). The zero-order chi connectivity index (χ0) is 16.4. The molecule has 0 saturated carbocycles. The van der Waals surface area contributed by atoms with Crippen molar-refractivity contribution < 1.29 is 14.6 Å². The lowest BCUT2D eigenvalue weighted by atomic mass is 10.1. The van der Waals surface area contributed by atoms with Crippen LogP contribution in [0.2, 0.25) is 0 Å². The van der Waals surface area contributed by atoms with Crippen LogP contribution in [0, 0.1) is 6.92 Å². The summed E-state index contributed by atoms with van der Waals surface area (Å²) in [7, 11) is 1.59. The van der Waals surface area contributed by atoms with E-state index < -0.39 is 5.97 Å². The smallest absolute Gasteiger partial charge is 0.375 e. The van der Waals surface area contributed by atoms with E-state index in [0.29, 0.717) is 17.3 Å². The fourth-order valence-electron chi connectivity index (χ4n) is 2.20. The van der Waals surface area contributed by atoms with Gasteiger partial charge in [0.1, 0.15) is 5.75 Å². The van der Waals surface area contributed by atoms with Crippen LogP contribution >= 0.6 is 0 Å². The Bertz CT molecular complexity index is 837. The number of carboxylic acids is 1. The highest BCUT2D eigenvalue weighted by Gasteiger charge is 2.17. The number of hydrogen-bond acceptors (Lipinski definition) is 4. The van der Waals surface area contributed by atoms with Crippen molar-refractivity contribution in [3.8, 4) is 22.8 Å². The van der Waals surface area contributed by atoms with Gasteiger partial charge in [-0.3, -0.25) is 0 Å². The third kappa shape index (κ3) is 2.91. The Morgan fingerprint density at radius 1 is 1.09 bits per heavy atom. The van der Waals surface area contributed by atoms with Crippen molar-refractivity contribution >= 4 is 5.97 Å². The van der Waals surface area contributed by atoms with Crippen LogP contribution in [-0.4, -0.2) is 33.0 Å². The molecule has 1 aromatic heterocycles. The van der Waals surface area contributed by atoms with Gasteiger partial charge in [0.05, 0.1) is 12.8 Å². The molecule has 0 radical (unpaired) electrons. The van der Waals surface area contributed by atoms with E-state index in [2.05, 4.69) is 10.1 Å². The van der Waals surface area contributed by atoms with E-state index in [4.69, 9.17) is 4.74 Å². The minimum Gasteiger partial charge on any atom is -0.497 e. The van der Waals surface area contributed by atoms with Crippen molar-refractivity contribution in [2.24, 2.45) is 0 Å². The summed E-state index contributed by atoms with van der Waals surface area (Å²) in [6.45, 7) is 1.99. The molecule has 116 valence electrons. The third-order valence-corrected chi connectivity index (χ3v) is 3.43. The molecule has 0 aliphatic rings. The molecule has 6 nitrogen and oxygen atoms in total. The average molecular weight is 309 g/mol. The summed E-state index contributed by atoms with van der Waals surface area (Å²) in [5.41, 5.74) is 2.62. The number of rotatable bonds is 4. The molecule has 0 unspecified atom stereocenters. The molecule has 0 aliphatic carbocycles. The molecule has 3 aromatic rings. The predicted molar refractivity (Wildman–Crippen MR) is 85.0 cm³/mol. The van der Waals surface area contributed by atoms with Gasteiger partial charge >= 0.3 is 5.97 Å². The van der Waals surface area contributed by atoms with Crippen LogP contribution in [-0.2, 0) is 0 Å². The molecule has 23 heavy (non-hydrogen) atoms. The van der Waals surface area contributed by atoms with E-state index in [1.807, 2.05) is 31.2 Å². The van der Waals surface area contributed by atoms with Crippen LogP contribution < -0.4 is 4.74 Å². The van der Waals surface area contributed by atoms with Gasteiger partial charge in [-0.15, -0.1) is 5.10 Å². The predicted octanol–water partition coefficient (Wildman–Crippen LogP) is 2.95. The van der Waals surface area contributed by atoms with Gasteiger partial charge in [-0.05, 0) is 31.2 Å². The first kappa shape index (κ1) is 14.8. The van der Waals surface area contributed by atoms with E-state index in [1.165, 1.54) is 4.68 Å². The van der Waals surface area contributed by atoms with Crippen LogP contribution in [0.3, 0.4) is 0 Å². The molecule has 3 rings (SSSR count). The number of hydrogen-bond donors (Lipinski definition) is 1. The van der Waals surface area contributed by atoms with Crippen LogP contribution in [0.25, 0.3) is 17.1 Å². The summed E-state index contributed by atoms with van der Waals surface area (Å²) in [5, 5.41) is 13.3. The first-order valence-corrected chi connectivity index (χ1v) is 7.00. The Balaban J connectivity index is 2.13. The van der Waals surface area contributed by atoms with Crippen molar-refractivity contribution in [3.05, 3.63) is 59.9 Å². The lowest BCUT2D eigenvalue weighted by Gasteiger charge is -2.07. The molecule has 0 fully saturated rings. The first-order valence-electron chi connectivity index (χ1n) is 7.00. The fourth-order valence-corrected chi connectivity index (χ4v) is 2.20. The number of carbonyl (C=O) groups is 1. The highest BCUT2D eigenvalue weighted by molar-refractivity contribution is 5.84. The molecular weight excluding hydrogens is 294 g/mol. The minimum atomic E-state index is -1.16. The molecule has 0 aliphatic heterocycles. The van der Waals surface area contributed by atoms with Crippen molar-refractivity contribution in [2.75, 3.05) is 7.11 Å². The maximum atomic E-state index is 11.2. The Kier molecular flexibility index (Phi) is 3.80. The lowest BCUT2D eigenvalue weighted by Crippen LogP contribution is -2.02. The molecule has 0 spiro atoms. The van der Waals surface area contributed by atoms with E-state index in [0.717, 1.165) is 11.1 Å². The largest absolute Gasteiger partial charge is 0.497 e. The summed E-state index contributed by atoms with van der Waals surface area (Å²) in [5.74, 6) is -0.209. The van der Waals surface area contributed by atoms with Gasteiger partial charge in [0.25, 0.3) is 5.82 Å². The van der Waals surface area contributed by atoms with Gasteiger partial charge in [-0.1, -0.05) is 29.8 Å². The molecule has 0 bridgehead atoms. The van der Waals surface area contributed by atoms with Crippen molar-refractivity contribution in [2.45, 2.75) is 6.92 Å². The van der Waals surface area contributed by atoms with Gasteiger partial charge < -0.3 is 9.84 Å². The molecule has 0 saturated heterocycles. The number of carboxylic acid groups (broad SMARTS) is 1. The van der Waals surface area contributed by atoms with E-state index in [1.54, 1.807) is 31.4 Å². The molecule has 0 amide bonds. The van der Waals surface area contributed by atoms with Gasteiger partial charge in [0.15, 0.2) is 5.82 Å². The van der Waals surface area contributed by atoms with Crippen LogP contribution in [0.15, 0.2) is 48.5 Å². The number of aromatic carboxylic acids is 1. The maximum Gasteiger partial charge on any atom is 0.375 e. The molecule has 6 heteroatoms. The average Bonchev–Trinajstić information content (AvgIpc) is 3.01. The third-order valence-electron chi connectivity index (χ3n) is 3.43. The Labute approximate surface area is 133 Å². The van der Waals surface area contributed by atoms with E-state index >= 15 is 0 Å². The summed E-state index contributed by atoms with van der Waals surface area (Å²) in [4.78, 5) is 15.4. The highest BCUT2D eigenvalue weighted by atomic mass is 16.5. The van der Waals surface area contributed by atoms with Crippen molar-refractivity contribution in [1.82, 2.24) is 14.8 Å². The highest BCUT2D eigenvalue weighted by Crippen LogP contribution is 2.23. The number of aromatic nitrogens is 3. The van der Waals surface area contributed by atoms with E-state index in [-0.39, 0.29) is 5.82 Å². The number of ether oxygens (including phenoxy) is 1. The van der Waals surface area contributed by atoms with Gasteiger partial charge in [0.2, 0.25) is 0 Å². The maximum absolute atomic E-state index is 11.2. The summed E-state index contributed by atoms with van der Waals surface area (Å²) in [6.07, 6.45) is 0. The number of methoxy groups -OCH3 is 1. The van der Waals surface area contributed by atoms with Gasteiger partial charge in [0, 0.05) is 5.56 Å². The minimum absolute atomic E-state index is 0.239. The Morgan fingerprint density at radius 3 is 2.30 bits per heavy atom. The second-order valence-electron chi connectivity index (χ2n) is 5.04. The number of benzene rings is 2. The molecule has 2 aromatic carbocycles. The number of nitrogens with zero attached hydrogens (tertiary/aromatic N) is 3. The summed E-state index contributed by atoms with van der Waals surface area (Å²) >= 11 is 0. The molecule has 1 heterocycles. The quantitative estimate of drug-likeness (QED) is 0.801. The summed E-state index contributed by atoms with van der Waals surface area (Å²) in [6, 6.07) is 14.9. The first-order chi connectivity index (χ1) is 11.1. The zero-order valence-corrected chi connectivity index (χ0v) is 12.7. The SMILES string of the molecule is COc1ccc(-n2nc(C(=O)O)nc2-c2ccc(C)cc2)cc1. The Hall–Kier alpha value is -3.15. The van der Waals surface area contributed by atoms with Crippen molar-refractivity contribution in [1.29, 1.82) is 0 Å². The monoisotopic (exact) mass is 309 g/mol. The molecule has 0 atom stereocenters. The second kappa shape index (κ2) is 5.92. The Morgan fingerprint density at radius 2 is 1.74 bits per heavy atom. The van der Waals surface area contributed by atoms with Crippen LogP contribution in [0.4, 0.5) is 0 Å². The molecule has 1 N–H and O–H groups in total. The van der Waals surface area contributed by atoms with Crippen molar-refractivity contribution in [3.63, 3.8) is 0 Å². The van der Waals surface area contributed by atoms with Crippen LogP contribution in [0.5, 0.6) is 5.75 Å². The van der Waals surface area contributed by atoms with E-state index in [9.17, 15) is 9.90 Å². The second-order valence-corrected chi connectivity index (χ2v) is 5.04. The molecular formula is C17H15N3O3. The number of aryl methyl sites for hydroxylation is 1. The van der Waals surface area contributed by atoms with Crippen LogP contribution in [0.1, 0.15) is 16.2 Å². The normalized spacial score (nSPS) is 10.5. The topological polar surface area (TPSA) is 77.2 Å².